The molecule has 0 saturated heterocycles. The number of halogens is 2. The van der Waals surface area contributed by atoms with Gasteiger partial charge in [0.15, 0.2) is 11.5 Å². The molecule has 1 aromatic carbocycles. The SMILES string of the molecule is COc1cc(CN(C)C(=O)c2sc(-c3ccsc3)nc2C)ccc1OC(F)F. The number of thiophene rings is 1. The first kappa shape index (κ1) is 20.2. The second-order valence-electron chi connectivity index (χ2n) is 5.97. The highest BCUT2D eigenvalue weighted by Crippen LogP contribution is 2.32. The first-order chi connectivity index (χ1) is 13.4. The summed E-state index contributed by atoms with van der Waals surface area (Å²) in [6.07, 6.45) is 0. The van der Waals surface area contributed by atoms with Crippen LogP contribution in [0.25, 0.3) is 10.6 Å². The van der Waals surface area contributed by atoms with Crippen molar-refractivity contribution in [1.29, 1.82) is 0 Å². The number of rotatable bonds is 7. The number of methoxy groups -OCH3 is 1. The van der Waals surface area contributed by atoms with Crippen LogP contribution in [0.1, 0.15) is 20.9 Å². The van der Waals surface area contributed by atoms with Crippen LogP contribution in [-0.4, -0.2) is 36.6 Å². The van der Waals surface area contributed by atoms with E-state index in [2.05, 4.69) is 9.72 Å². The van der Waals surface area contributed by atoms with E-state index < -0.39 is 6.61 Å². The van der Waals surface area contributed by atoms with Crippen LogP contribution in [0.4, 0.5) is 8.78 Å². The molecular weight excluding hydrogens is 406 g/mol. The minimum Gasteiger partial charge on any atom is -0.493 e. The van der Waals surface area contributed by atoms with Gasteiger partial charge in [0.2, 0.25) is 0 Å². The van der Waals surface area contributed by atoms with Gasteiger partial charge in [-0.25, -0.2) is 4.98 Å². The van der Waals surface area contributed by atoms with Gasteiger partial charge in [-0.2, -0.15) is 20.1 Å². The molecule has 0 N–H and O–H groups in total. The van der Waals surface area contributed by atoms with E-state index in [0.717, 1.165) is 16.1 Å². The van der Waals surface area contributed by atoms with Gasteiger partial charge in [0, 0.05) is 24.5 Å². The highest BCUT2D eigenvalue weighted by Gasteiger charge is 2.20. The van der Waals surface area contributed by atoms with E-state index in [9.17, 15) is 13.6 Å². The summed E-state index contributed by atoms with van der Waals surface area (Å²) in [6, 6.07) is 6.58. The standard InChI is InChI=1S/C19H18F2N2O3S2/c1-11-16(28-17(22-11)13-6-7-27-10-13)18(24)23(2)9-12-4-5-14(26-19(20)21)15(8-12)25-3/h4-8,10,19H,9H2,1-3H3. The number of carbonyl (C=O) groups excluding carboxylic acids is 1. The average molecular weight is 424 g/mol. The zero-order chi connectivity index (χ0) is 20.3. The number of ether oxygens (including phenoxy) is 2. The van der Waals surface area contributed by atoms with Crippen LogP contribution >= 0.6 is 22.7 Å². The van der Waals surface area contributed by atoms with Crippen LogP contribution in [0, 0.1) is 6.92 Å². The molecule has 1 amide bonds. The van der Waals surface area contributed by atoms with Crippen molar-refractivity contribution in [2.45, 2.75) is 20.1 Å². The fraction of sp³-hybridized carbons (Fsp3) is 0.263. The monoisotopic (exact) mass is 424 g/mol. The van der Waals surface area contributed by atoms with Gasteiger partial charge in [-0.05, 0) is 36.1 Å². The molecule has 0 saturated carbocycles. The molecule has 0 radical (unpaired) electrons. The van der Waals surface area contributed by atoms with E-state index in [4.69, 9.17) is 4.74 Å². The summed E-state index contributed by atoms with van der Waals surface area (Å²) in [5.41, 5.74) is 2.41. The third kappa shape index (κ3) is 4.48. The van der Waals surface area contributed by atoms with E-state index in [-0.39, 0.29) is 24.0 Å². The molecule has 0 atom stereocenters. The van der Waals surface area contributed by atoms with Crippen LogP contribution in [0.5, 0.6) is 11.5 Å². The summed E-state index contributed by atoms with van der Waals surface area (Å²) >= 11 is 2.93. The van der Waals surface area contributed by atoms with Crippen LogP contribution in [0.3, 0.4) is 0 Å². The lowest BCUT2D eigenvalue weighted by Crippen LogP contribution is -2.26. The maximum Gasteiger partial charge on any atom is 0.387 e. The Morgan fingerprint density at radius 2 is 2.07 bits per heavy atom. The topological polar surface area (TPSA) is 51.7 Å². The van der Waals surface area contributed by atoms with Crippen molar-refractivity contribution >= 4 is 28.6 Å². The Bertz CT molecular complexity index is 958. The third-order valence-electron chi connectivity index (χ3n) is 3.97. The predicted octanol–water partition coefficient (Wildman–Crippen LogP) is 5.06. The Morgan fingerprint density at radius 1 is 1.29 bits per heavy atom. The highest BCUT2D eigenvalue weighted by molar-refractivity contribution is 7.17. The first-order valence-corrected chi connectivity index (χ1v) is 10.0. The van der Waals surface area contributed by atoms with Crippen molar-refractivity contribution in [1.82, 2.24) is 9.88 Å². The van der Waals surface area contributed by atoms with Gasteiger partial charge in [-0.15, -0.1) is 11.3 Å². The summed E-state index contributed by atoms with van der Waals surface area (Å²) in [7, 11) is 3.06. The normalized spacial score (nSPS) is 10.9. The smallest absolute Gasteiger partial charge is 0.387 e. The number of hydrogen-bond donors (Lipinski definition) is 0. The fourth-order valence-corrected chi connectivity index (χ4v) is 4.40. The average Bonchev–Trinajstić information content (AvgIpc) is 3.31. The van der Waals surface area contributed by atoms with Crippen LogP contribution in [0.2, 0.25) is 0 Å². The number of aromatic nitrogens is 1. The summed E-state index contributed by atoms with van der Waals surface area (Å²) in [5.74, 6) is -0.00958. The molecule has 148 valence electrons. The summed E-state index contributed by atoms with van der Waals surface area (Å²) < 4.78 is 34.4. The number of alkyl halides is 2. The molecule has 3 rings (SSSR count). The molecule has 0 fully saturated rings. The molecule has 28 heavy (non-hydrogen) atoms. The quantitative estimate of drug-likeness (QED) is 0.532. The molecule has 0 unspecified atom stereocenters. The van der Waals surface area contributed by atoms with Crippen LogP contribution in [-0.2, 0) is 6.54 Å². The predicted molar refractivity (Wildman–Crippen MR) is 106 cm³/mol. The van der Waals surface area contributed by atoms with E-state index in [1.165, 1.54) is 24.5 Å². The lowest BCUT2D eigenvalue weighted by atomic mass is 10.2. The van der Waals surface area contributed by atoms with Gasteiger partial charge in [0.25, 0.3) is 5.91 Å². The van der Waals surface area contributed by atoms with Crippen molar-refractivity contribution < 1.29 is 23.0 Å². The lowest BCUT2D eigenvalue weighted by Gasteiger charge is -2.18. The van der Waals surface area contributed by atoms with Crippen molar-refractivity contribution in [2.75, 3.05) is 14.2 Å². The molecule has 2 heterocycles. The molecule has 9 heteroatoms. The number of carbonyl (C=O) groups is 1. The van der Waals surface area contributed by atoms with E-state index >= 15 is 0 Å². The zero-order valence-corrected chi connectivity index (χ0v) is 17.1. The van der Waals surface area contributed by atoms with Gasteiger partial charge >= 0.3 is 6.61 Å². The molecular formula is C19H18F2N2O3S2. The molecule has 2 aromatic heterocycles. The number of thiazole rings is 1. The van der Waals surface area contributed by atoms with Crippen molar-refractivity contribution in [2.24, 2.45) is 0 Å². The number of benzene rings is 1. The molecule has 0 aliphatic carbocycles. The van der Waals surface area contributed by atoms with Crippen LogP contribution < -0.4 is 9.47 Å². The Labute approximate surface area is 169 Å². The van der Waals surface area contributed by atoms with Crippen LogP contribution in [0.15, 0.2) is 35.0 Å². The fourth-order valence-electron chi connectivity index (χ4n) is 2.63. The Morgan fingerprint density at radius 3 is 2.71 bits per heavy atom. The van der Waals surface area contributed by atoms with E-state index in [1.807, 2.05) is 23.8 Å². The van der Waals surface area contributed by atoms with Gasteiger partial charge in [0.1, 0.15) is 9.88 Å². The summed E-state index contributed by atoms with van der Waals surface area (Å²) in [4.78, 5) is 19.5. The maximum absolute atomic E-state index is 12.9. The number of hydrogen-bond acceptors (Lipinski definition) is 6. The first-order valence-electron chi connectivity index (χ1n) is 8.26. The van der Waals surface area contributed by atoms with Gasteiger partial charge in [-0.1, -0.05) is 6.07 Å². The zero-order valence-electron chi connectivity index (χ0n) is 15.4. The van der Waals surface area contributed by atoms with Crippen molar-refractivity contribution in [3.8, 4) is 22.1 Å². The Balaban J connectivity index is 1.76. The van der Waals surface area contributed by atoms with Gasteiger partial charge < -0.3 is 14.4 Å². The maximum atomic E-state index is 12.9. The summed E-state index contributed by atoms with van der Waals surface area (Å²) in [5, 5.41) is 4.77. The molecule has 3 aromatic rings. The Hall–Kier alpha value is -2.52. The molecule has 0 aliphatic rings. The largest absolute Gasteiger partial charge is 0.493 e. The number of aryl methyl sites for hydroxylation is 1. The van der Waals surface area contributed by atoms with Crippen molar-refractivity contribution in [3.63, 3.8) is 0 Å². The minimum absolute atomic E-state index is 0.0473. The molecule has 0 spiro atoms. The second-order valence-corrected chi connectivity index (χ2v) is 7.75. The lowest BCUT2D eigenvalue weighted by molar-refractivity contribution is -0.0512. The second kappa shape index (κ2) is 8.66. The molecule has 0 aliphatic heterocycles. The number of amides is 1. The summed E-state index contributed by atoms with van der Waals surface area (Å²) in [6.45, 7) is -0.835. The Kier molecular flexibility index (Phi) is 6.25. The minimum atomic E-state index is -2.93. The van der Waals surface area contributed by atoms with E-state index in [1.54, 1.807) is 35.4 Å². The van der Waals surface area contributed by atoms with Gasteiger partial charge in [0.05, 0.1) is 12.8 Å². The molecule has 0 bridgehead atoms. The number of nitrogens with zero attached hydrogens (tertiary/aromatic N) is 2. The van der Waals surface area contributed by atoms with E-state index in [0.29, 0.717) is 10.6 Å². The third-order valence-corrected chi connectivity index (χ3v) is 5.85. The highest BCUT2D eigenvalue weighted by atomic mass is 32.1. The molecule has 5 nitrogen and oxygen atoms in total. The van der Waals surface area contributed by atoms with Crippen molar-refractivity contribution in [3.05, 3.63) is 51.2 Å². The van der Waals surface area contributed by atoms with Gasteiger partial charge in [-0.3, -0.25) is 4.79 Å².